The van der Waals surface area contributed by atoms with Crippen LogP contribution >= 0.6 is 0 Å². The van der Waals surface area contributed by atoms with Crippen molar-refractivity contribution in [3.05, 3.63) is 182 Å². The maximum Gasteiger partial charge on any atom is -0.00264 e. The summed E-state index contributed by atoms with van der Waals surface area (Å²) in [5, 5.41) is 13.2. The van der Waals surface area contributed by atoms with Crippen molar-refractivity contribution in [2.75, 3.05) is 0 Å². The van der Waals surface area contributed by atoms with Crippen LogP contribution in [-0.4, -0.2) is 0 Å². The Labute approximate surface area is 257 Å². The van der Waals surface area contributed by atoms with Crippen LogP contribution in [0.2, 0.25) is 0 Å². The summed E-state index contributed by atoms with van der Waals surface area (Å²) in [5.41, 5.74) is 5.16. The first-order valence-electron chi connectivity index (χ1n) is 15.2. The molecule has 0 N–H and O–H groups in total. The van der Waals surface area contributed by atoms with Gasteiger partial charge in [0.1, 0.15) is 0 Å². The molecule has 0 saturated carbocycles. The Kier molecular flexibility index (Phi) is 6.59. The van der Waals surface area contributed by atoms with Gasteiger partial charge in [0.15, 0.2) is 0 Å². The van der Waals surface area contributed by atoms with E-state index in [1.807, 2.05) is 0 Å². The fourth-order valence-electron chi connectivity index (χ4n) is 6.73. The highest BCUT2D eigenvalue weighted by molar-refractivity contribution is 6.21. The van der Waals surface area contributed by atoms with Gasteiger partial charge in [-0.1, -0.05) is 182 Å². The summed E-state index contributed by atoms with van der Waals surface area (Å²) in [6.45, 7) is 0. The van der Waals surface area contributed by atoms with Gasteiger partial charge in [0, 0.05) is 0 Å². The molecule has 0 bridgehead atoms. The van der Waals surface area contributed by atoms with Crippen LogP contribution in [0.3, 0.4) is 0 Å². The lowest BCUT2D eigenvalue weighted by atomic mass is 9.86. The van der Waals surface area contributed by atoms with Crippen LogP contribution in [0, 0.1) is 0 Å². The molecule has 206 valence electrons. The zero-order chi connectivity index (χ0) is 29.3. The van der Waals surface area contributed by atoms with Gasteiger partial charge in [0.05, 0.1) is 0 Å². The average molecular weight is 559 g/mol. The Morgan fingerprint density at radius 1 is 0.182 bits per heavy atom. The molecule has 0 saturated heterocycles. The first kappa shape index (κ1) is 25.9. The number of hydrogen-bond donors (Lipinski definition) is 0. The van der Waals surface area contributed by atoms with Gasteiger partial charge < -0.3 is 0 Å². The summed E-state index contributed by atoms with van der Waals surface area (Å²) >= 11 is 0. The SMILES string of the molecule is c1ccc(-c2c3ccccc3c(-c3ccccc3)c3ccccc23)cc1.c1ccc2c(c1)ccc1c3ccccc3ccc21. The number of hydrogen-bond acceptors (Lipinski definition) is 0. The third-order valence-corrected chi connectivity index (χ3v) is 8.71. The molecule has 0 aliphatic rings. The molecule has 0 spiro atoms. The molecule has 0 aromatic heterocycles. The predicted octanol–water partition coefficient (Wildman–Crippen LogP) is 12.5. The fourth-order valence-corrected chi connectivity index (χ4v) is 6.73. The van der Waals surface area contributed by atoms with E-state index in [-0.39, 0.29) is 0 Å². The molecule has 0 heteroatoms. The van der Waals surface area contributed by atoms with Crippen LogP contribution in [0.5, 0.6) is 0 Å². The van der Waals surface area contributed by atoms with Crippen molar-refractivity contribution in [3.63, 3.8) is 0 Å². The third kappa shape index (κ3) is 4.49. The third-order valence-electron chi connectivity index (χ3n) is 8.71. The second-order valence-corrected chi connectivity index (χ2v) is 11.2. The van der Waals surface area contributed by atoms with Gasteiger partial charge in [-0.3, -0.25) is 0 Å². The van der Waals surface area contributed by atoms with E-state index in [1.54, 1.807) is 0 Å². The van der Waals surface area contributed by atoms with E-state index in [0.29, 0.717) is 0 Å². The second kappa shape index (κ2) is 11.2. The summed E-state index contributed by atoms with van der Waals surface area (Å²) in [7, 11) is 0. The molecule has 0 aliphatic carbocycles. The number of fused-ring (bicyclic) bond motifs is 7. The van der Waals surface area contributed by atoms with E-state index in [9.17, 15) is 0 Å². The minimum absolute atomic E-state index is 1.26. The van der Waals surface area contributed by atoms with Crippen LogP contribution in [0.4, 0.5) is 0 Å². The smallest absolute Gasteiger partial charge is 0.00264 e. The van der Waals surface area contributed by atoms with Gasteiger partial charge in [-0.2, -0.15) is 0 Å². The Balaban J connectivity index is 0.000000140. The molecule has 9 aromatic rings. The molecule has 0 unspecified atom stereocenters. The van der Waals surface area contributed by atoms with Crippen molar-refractivity contribution in [1.29, 1.82) is 0 Å². The van der Waals surface area contributed by atoms with Gasteiger partial charge in [-0.15, -0.1) is 0 Å². The lowest BCUT2D eigenvalue weighted by molar-refractivity contribution is 1.65. The highest BCUT2D eigenvalue weighted by Gasteiger charge is 2.15. The van der Waals surface area contributed by atoms with Crippen LogP contribution in [0.15, 0.2) is 182 Å². The molecule has 0 fully saturated rings. The maximum absolute atomic E-state index is 2.25. The predicted molar refractivity (Wildman–Crippen MR) is 191 cm³/mol. The van der Waals surface area contributed by atoms with E-state index < -0.39 is 0 Å². The van der Waals surface area contributed by atoms with E-state index in [0.717, 1.165) is 0 Å². The number of benzene rings is 9. The average Bonchev–Trinajstić information content (AvgIpc) is 3.11. The molecule has 0 atom stereocenters. The normalized spacial score (nSPS) is 11.2. The highest BCUT2D eigenvalue weighted by Crippen LogP contribution is 2.43. The summed E-state index contributed by atoms with van der Waals surface area (Å²) in [4.78, 5) is 0. The maximum atomic E-state index is 2.25. The lowest BCUT2D eigenvalue weighted by Gasteiger charge is -2.17. The zero-order valence-corrected chi connectivity index (χ0v) is 24.3. The molecule has 0 aliphatic heterocycles. The molecule has 9 rings (SSSR count). The Morgan fingerprint density at radius 2 is 0.477 bits per heavy atom. The van der Waals surface area contributed by atoms with E-state index in [4.69, 9.17) is 0 Å². The number of rotatable bonds is 2. The monoisotopic (exact) mass is 558 g/mol. The topological polar surface area (TPSA) is 0 Å². The summed E-state index contributed by atoms with van der Waals surface area (Å²) in [5.74, 6) is 0. The first-order valence-corrected chi connectivity index (χ1v) is 15.2. The molecule has 0 radical (unpaired) electrons. The van der Waals surface area contributed by atoms with Crippen LogP contribution in [0.25, 0.3) is 76.1 Å². The van der Waals surface area contributed by atoms with Crippen molar-refractivity contribution in [3.8, 4) is 22.3 Å². The van der Waals surface area contributed by atoms with Crippen LogP contribution in [0.1, 0.15) is 0 Å². The minimum Gasteiger partial charge on any atom is -0.0622 e. The molecular formula is C44H30. The molecule has 44 heavy (non-hydrogen) atoms. The molecule has 0 amide bonds. The molecule has 9 aromatic carbocycles. The standard InChI is InChI=1S/C26H18.C18H12/c1-3-11-19(12-4-1)25-21-15-7-9-17-23(21)26(20-13-5-2-6-14-20)24-18-10-8-16-22(24)25;1-3-7-15-13(5-1)9-11-18-16-8-4-2-6-14(16)10-12-17(15)18/h1-18H;1-12H. The molecular weight excluding hydrogens is 528 g/mol. The van der Waals surface area contributed by atoms with Gasteiger partial charge in [-0.25, -0.2) is 0 Å². The lowest BCUT2D eigenvalue weighted by Crippen LogP contribution is -1.90. The zero-order valence-electron chi connectivity index (χ0n) is 24.3. The summed E-state index contributed by atoms with van der Waals surface area (Å²) in [6.07, 6.45) is 0. The van der Waals surface area contributed by atoms with Crippen LogP contribution in [-0.2, 0) is 0 Å². The van der Waals surface area contributed by atoms with Crippen molar-refractivity contribution >= 4 is 53.9 Å². The van der Waals surface area contributed by atoms with Gasteiger partial charge in [0.25, 0.3) is 0 Å². The van der Waals surface area contributed by atoms with Crippen molar-refractivity contribution < 1.29 is 0 Å². The largest absolute Gasteiger partial charge is 0.0622 e. The van der Waals surface area contributed by atoms with Gasteiger partial charge >= 0.3 is 0 Å². The molecule has 0 nitrogen and oxygen atoms in total. The van der Waals surface area contributed by atoms with E-state index >= 15 is 0 Å². The molecule has 0 heterocycles. The summed E-state index contributed by atoms with van der Waals surface area (Å²) < 4.78 is 0. The fraction of sp³-hybridized carbons (Fsp3) is 0. The Bertz CT molecular complexity index is 2190. The highest BCUT2D eigenvalue weighted by atomic mass is 14.2. The van der Waals surface area contributed by atoms with Crippen molar-refractivity contribution in [1.82, 2.24) is 0 Å². The minimum atomic E-state index is 1.26. The quantitative estimate of drug-likeness (QED) is 0.146. The van der Waals surface area contributed by atoms with E-state index in [2.05, 4.69) is 182 Å². The Hall–Kier alpha value is -5.72. The Morgan fingerprint density at radius 3 is 0.841 bits per heavy atom. The summed E-state index contributed by atoms with van der Waals surface area (Å²) in [6, 6.07) is 65.0. The van der Waals surface area contributed by atoms with E-state index in [1.165, 1.54) is 76.1 Å². The van der Waals surface area contributed by atoms with Crippen LogP contribution < -0.4 is 0 Å². The van der Waals surface area contributed by atoms with Gasteiger partial charge in [0.2, 0.25) is 0 Å². The second-order valence-electron chi connectivity index (χ2n) is 11.2. The van der Waals surface area contributed by atoms with Crippen molar-refractivity contribution in [2.24, 2.45) is 0 Å². The van der Waals surface area contributed by atoms with Crippen molar-refractivity contribution in [2.45, 2.75) is 0 Å². The first-order chi connectivity index (χ1) is 21.9. The van der Waals surface area contributed by atoms with Gasteiger partial charge in [-0.05, 0) is 76.1 Å².